The minimum atomic E-state index is -4.51. The Labute approximate surface area is 230 Å². The van der Waals surface area contributed by atoms with Crippen LogP contribution in [0, 0.1) is 0 Å². The monoisotopic (exact) mass is 552 g/mol. The first-order chi connectivity index (χ1) is 19.2. The van der Waals surface area contributed by atoms with Gasteiger partial charge in [0.25, 0.3) is 0 Å². The highest BCUT2D eigenvalue weighted by Gasteiger charge is 2.37. The molecule has 1 unspecified atom stereocenters. The fourth-order valence-corrected chi connectivity index (χ4v) is 5.71. The molecule has 1 aliphatic carbocycles. The maximum atomic E-state index is 13.2. The minimum Gasteiger partial charge on any atom is -0.480 e. The summed E-state index contributed by atoms with van der Waals surface area (Å²) in [5.41, 5.74) is 5.31. The van der Waals surface area contributed by atoms with Crippen molar-refractivity contribution in [3.63, 3.8) is 0 Å². The van der Waals surface area contributed by atoms with Crippen molar-refractivity contribution in [1.29, 1.82) is 0 Å². The lowest BCUT2D eigenvalue weighted by molar-refractivity contribution is -0.140. The lowest BCUT2D eigenvalue weighted by atomic mass is 9.92. The standard InChI is InChI=1S/C28H31F3N8O/c1-5-6-17-11-21-19(25(36-38(21)3)23-24(16-7-8-16)33-15-34-27(23)40-4)13-39(17)18-9-10-20(32-12-18)26-35-22(14-37(26)2)28(29,30)31/h9-10,12,14-17H,5-8,11,13H2,1-4H3. The number of nitrogens with zero attached hydrogens (tertiary/aromatic N) is 8. The van der Waals surface area contributed by atoms with Gasteiger partial charge in [0.2, 0.25) is 5.88 Å². The molecule has 12 heteroatoms. The average molecular weight is 553 g/mol. The molecule has 0 radical (unpaired) electrons. The molecule has 0 saturated heterocycles. The van der Waals surface area contributed by atoms with E-state index >= 15 is 0 Å². The molecule has 0 spiro atoms. The van der Waals surface area contributed by atoms with Gasteiger partial charge in [0.1, 0.15) is 17.7 Å². The lowest BCUT2D eigenvalue weighted by Gasteiger charge is -2.38. The summed E-state index contributed by atoms with van der Waals surface area (Å²) >= 11 is 0. The number of rotatable bonds is 7. The number of halogens is 3. The third-order valence-corrected chi connectivity index (χ3v) is 7.81. The molecule has 6 rings (SSSR count). The van der Waals surface area contributed by atoms with Crippen LogP contribution in [0.1, 0.15) is 61.2 Å². The molecule has 0 amide bonds. The van der Waals surface area contributed by atoms with Crippen LogP contribution >= 0.6 is 0 Å². The molecule has 0 bridgehead atoms. The molecule has 210 valence electrons. The van der Waals surface area contributed by atoms with E-state index in [0.29, 0.717) is 24.0 Å². The first-order valence-electron chi connectivity index (χ1n) is 13.5. The third kappa shape index (κ3) is 4.58. The van der Waals surface area contributed by atoms with Crippen molar-refractivity contribution in [3.05, 3.63) is 53.5 Å². The second-order valence-electron chi connectivity index (χ2n) is 10.5. The summed E-state index contributed by atoms with van der Waals surface area (Å²) in [6, 6.07) is 3.87. The Morgan fingerprint density at radius 2 is 1.90 bits per heavy atom. The van der Waals surface area contributed by atoms with Gasteiger partial charge in [-0.25, -0.2) is 15.0 Å². The number of aromatic nitrogens is 7. The number of methoxy groups -OCH3 is 1. The van der Waals surface area contributed by atoms with Crippen LogP contribution in [0.2, 0.25) is 0 Å². The molecule has 1 fully saturated rings. The molecule has 1 aliphatic heterocycles. The van der Waals surface area contributed by atoms with E-state index in [1.807, 2.05) is 17.8 Å². The summed E-state index contributed by atoms with van der Waals surface area (Å²) in [4.78, 5) is 19.7. The Morgan fingerprint density at radius 1 is 1.10 bits per heavy atom. The first kappa shape index (κ1) is 26.3. The summed E-state index contributed by atoms with van der Waals surface area (Å²) in [6.07, 6.45) is 4.71. The molecule has 5 heterocycles. The predicted octanol–water partition coefficient (Wildman–Crippen LogP) is 5.31. The number of pyridine rings is 1. The van der Waals surface area contributed by atoms with Gasteiger partial charge in [-0.15, -0.1) is 0 Å². The van der Waals surface area contributed by atoms with Gasteiger partial charge >= 0.3 is 6.18 Å². The van der Waals surface area contributed by atoms with Gasteiger partial charge in [0.05, 0.1) is 30.3 Å². The van der Waals surface area contributed by atoms with Crippen LogP contribution in [0.25, 0.3) is 22.8 Å². The zero-order valence-corrected chi connectivity index (χ0v) is 22.9. The van der Waals surface area contributed by atoms with E-state index in [-0.39, 0.29) is 11.9 Å². The fourth-order valence-electron chi connectivity index (χ4n) is 5.71. The van der Waals surface area contributed by atoms with Crippen LogP contribution in [-0.4, -0.2) is 47.4 Å². The van der Waals surface area contributed by atoms with Crippen molar-refractivity contribution in [2.24, 2.45) is 14.1 Å². The molecule has 0 aromatic carbocycles. The van der Waals surface area contributed by atoms with Gasteiger partial charge in [-0.2, -0.15) is 18.3 Å². The fraction of sp³-hybridized carbons (Fsp3) is 0.464. The highest BCUT2D eigenvalue weighted by Crippen LogP contribution is 2.47. The maximum absolute atomic E-state index is 13.2. The maximum Gasteiger partial charge on any atom is 0.434 e. The number of ether oxygens (including phenoxy) is 1. The first-order valence-corrected chi connectivity index (χ1v) is 13.5. The molecular formula is C28H31F3N8O. The van der Waals surface area contributed by atoms with Crippen molar-refractivity contribution >= 4 is 5.69 Å². The highest BCUT2D eigenvalue weighted by molar-refractivity contribution is 5.73. The SMILES string of the molecule is CCCC1Cc2c(c(-c3c(OC)ncnc3C3CC3)nn2C)CN1c1ccc(-c2nc(C(F)(F)F)cn2C)nc1. The summed E-state index contributed by atoms with van der Waals surface area (Å²) in [7, 11) is 5.14. The molecular weight excluding hydrogens is 521 g/mol. The van der Waals surface area contributed by atoms with E-state index in [4.69, 9.17) is 9.84 Å². The van der Waals surface area contributed by atoms with Gasteiger partial charge in [-0.05, 0) is 31.4 Å². The number of alkyl halides is 3. The van der Waals surface area contributed by atoms with Crippen molar-refractivity contribution in [3.8, 4) is 28.7 Å². The summed E-state index contributed by atoms with van der Waals surface area (Å²) in [5, 5.41) is 4.96. The lowest BCUT2D eigenvalue weighted by Crippen LogP contribution is -2.41. The van der Waals surface area contributed by atoms with Crippen LogP contribution in [0.15, 0.2) is 30.9 Å². The third-order valence-electron chi connectivity index (χ3n) is 7.81. The topological polar surface area (TPSA) is 86.8 Å². The van der Waals surface area contributed by atoms with Crippen LogP contribution in [0.5, 0.6) is 5.88 Å². The Kier molecular flexibility index (Phi) is 6.50. The average Bonchev–Trinajstić information content (AvgIpc) is 3.64. The molecule has 9 nitrogen and oxygen atoms in total. The number of imidazole rings is 1. The van der Waals surface area contributed by atoms with E-state index in [1.54, 1.807) is 25.7 Å². The second kappa shape index (κ2) is 9.90. The molecule has 40 heavy (non-hydrogen) atoms. The number of aryl methyl sites for hydroxylation is 2. The van der Waals surface area contributed by atoms with Gasteiger partial charge < -0.3 is 14.2 Å². The van der Waals surface area contributed by atoms with Gasteiger partial charge in [0, 0.05) is 56.5 Å². The van der Waals surface area contributed by atoms with E-state index in [1.165, 1.54) is 17.3 Å². The molecule has 1 atom stereocenters. The van der Waals surface area contributed by atoms with Crippen LogP contribution in [-0.2, 0) is 33.2 Å². The quantitative estimate of drug-likeness (QED) is 0.307. The van der Waals surface area contributed by atoms with Gasteiger partial charge in [-0.3, -0.25) is 9.67 Å². The Morgan fingerprint density at radius 3 is 2.52 bits per heavy atom. The second-order valence-corrected chi connectivity index (χ2v) is 10.5. The summed E-state index contributed by atoms with van der Waals surface area (Å²) in [5.74, 6) is 1.08. The van der Waals surface area contributed by atoms with Crippen LogP contribution in [0.4, 0.5) is 18.9 Å². The van der Waals surface area contributed by atoms with E-state index < -0.39 is 11.9 Å². The number of anilines is 1. The Bertz CT molecular complexity index is 1540. The zero-order valence-electron chi connectivity index (χ0n) is 22.9. The van der Waals surface area contributed by atoms with Gasteiger partial charge in [-0.1, -0.05) is 13.3 Å². The number of fused-ring (bicyclic) bond motifs is 1. The van der Waals surface area contributed by atoms with Crippen molar-refractivity contribution < 1.29 is 17.9 Å². The highest BCUT2D eigenvalue weighted by atomic mass is 19.4. The van der Waals surface area contributed by atoms with Gasteiger partial charge in [0.15, 0.2) is 11.5 Å². The smallest absolute Gasteiger partial charge is 0.434 e. The van der Waals surface area contributed by atoms with E-state index in [2.05, 4.69) is 31.8 Å². The molecule has 2 aliphatic rings. The van der Waals surface area contributed by atoms with E-state index in [9.17, 15) is 13.2 Å². The van der Waals surface area contributed by atoms with Crippen molar-refractivity contribution in [2.75, 3.05) is 12.0 Å². The predicted molar refractivity (Wildman–Crippen MR) is 143 cm³/mol. The minimum absolute atomic E-state index is 0.170. The summed E-state index contributed by atoms with van der Waals surface area (Å²) < 4.78 is 48.6. The van der Waals surface area contributed by atoms with E-state index in [0.717, 1.165) is 66.5 Å². The van der Waals surface area contributed by atoms with Crippen LogP contribution < -0.4 is 9.64 Å². The normalized spacial score (nSPS) is 17.3. The molecule has 4 aromatic heterocycles. The Hall–Kier alpha value is -3.96. The van der Waals surface area contributed by atoms with Crippen molar-refractivity contribution in [2.45, 2.75) is 63.7 Å². The number of hydrogen-bond donors (Lipinski definition) is 0. The molecule has 1 saturated carbocycles. The molecule has 0 N–H and O–H groups in total. The Balaban J connectivity index is 1.38. The molecule has 4 aromatic rings. The van der Waals surface area contributed by atoms with Crippen LogP contribution in [0.3, 0.4) is 0 Å². The summed E-state index contributed by atoms with van der Waals surface area (Å²) in [6.45, 7) is 2.77. The zero-order chi connectivity index (χ0) is 28.2. The van der Waals surface area contributed by atoms with Crippen molar-refractivity contribution in [1.82, 2.24) is 34.3 Å². The largest absolute Gasteiger partial charge is 0.480 e. The number of hydrogen-bond acceptors (Lipinski definition) is 7.